The average molecular weight is 442 g/mol. The van der Waals surface area contributed by atoms with Crippen LogP contribution in [0.5, 0.6) is 0 Å². The standard InChI is InChI=1S/C21H20F6N4/c1-3-14(4-5-15(21(25,26)27)6-9-20(22,23)24)17-12-31(30-13(17)2)18-8-11-29-19-16(18)7-10-28-19/h4,6-8,10-12H,3,5,9H2,1-2H3,(H,28,29)/b14-4+,15-6+. The highest BCUT2D eigenvalue weighted by atomic mass is 19.4. The third-order valence-corrected chi connectivity index (χ3v) is 4.82. The average Bonchev–Trinajstić information content (AvgIpc) is 3.29. The first-order valence-corrected chi connectivity index (χ1v) is 9.50. The SMILES string of the molecule is CC/C(=C\C/C(=C\CC(F)(F)F)C(F)(F)F)c1cn(-c2ccnc3[nH]ccc23)nc1C. The third-order valence-electron chi connectivity index (χ3n) is 4.82. The molecule has 31 heavy (non-hydrogen) atoms. The number of nitrogens with one attached hydrogen (secondary N) is 1. The van der Waals surface area contributed by atoms with Gasteiger partial charge in [0.15, 0.2) is 0 Å². The summed E-state index contributed by atoms with van der Waals surface area (Å²) >= 11 is 0. The Morgan fingerprint density at radius 3 is 2.52 bits per heavy atom. The number of pyridine rings is 1. The molecule has 1 N–H and O–H groups in total. The van der Waals surface area contributed by atoms with Gasteiger partial charge in [0.1, 0.15) is 5.65 Å². The zero-order valence-electron chi connectivity index (χ0n) is 16.8. The molecule has 0 aliphatic carbocycles. The Morgan fingerprint density at radius 1 is 1.13 bits per heavy atom. The predicted octanol–water partition coefficient (Wildman–Crippen LogP) is 6.68. The fraction of sp³-hybridized carbons (Fsp3) is 0.333. The Balaban J connectivity index is 1.93. The smallest absolute Gasteiger partial charge is 0.346 e. The second-order valence-electron chi connectivity index (χ2n) is 6.98. The number of allylic oxidation sites excluding steroid dienone is 4. The number of nitrogens with zero attached hydrogens (tertiary/aromatic N) is 3. The van der Waals surface area contributed by atoms with Crippen molar-refractivity contribution in [3.05, 3.63) is 59.7 Å². The second-order valence-corrected chi connectivity index (χ2v) is 6.98. The van der Waals surface area contributed by atoms with Crippen LogP contribution in [0.25, 0.3) is 22.3 Å². The van der Waals surface area contributed by atoms with Gasteiger partial charge < -0.3 is 4.98 Å². The Bertz CT molecular complexity index is 1120. The van der Waals surface area contributed by atoms with Gasteiger partial charge in [-0.15, -0.1) is 0 Å². The fourth-order valence-electron chi connectivity index (χ4n) is 3.28. The van der Waals surface area contributed by atoms with Crippen LogP contribution in [0.1, 0.15) is 37.4 Å². The summed E-state index contributed by atoms with van der Waals surface area (Å²) in [6.45, 7) is 3.50. The molecule has 0 saturated heterocycles. The summed E-state index contributed by atoms with van der Waals surface area (Å²) in [5.74, 6) is 0. The zero-order valence-corrected chi connectivity index (χ0v) is 16.8. The second kappa shape index (κ2) is 8.60. The molecule has 3 aromatic heterocycles. The van der Waals surface area contributed by atoms with Crippen molar-refractivity contribution in [2.75, 3.05) is 0 Å². The molecule has 0 saturated carbocycles. The summed E-state index contributed by atoms with van der Waals surface area (Å²) < 4.78 is 78.4. The Labute approximate surface area is 174 Å². The summed E-state index contributed by atoms with van der Waals surface area (Å²) in [5.41, 5.74) is 2.01. The van der Waals surface area contributed by atoms with Crippen LogP contribution in [0.3, 0.4) is 0 Å². The van der Waals surface area contributed by atoms with Crippen molar-refractivity contribution in [3.63, 3.8) is 0 Å². The van der Waals surface area contributed by atoms with Crippen LogP contribution < -0.4 is 0 Å². The first-order chi connectivity index (χ1) is 14.5. The highest BCUT2D eigenvalue weighted by Gasteiger charge is 2.34. The lowest BCUT2D eigenvalue weighted by atomic mass is 10.0. The van der Waals surface area contributed by atoms with Crippen LogP contribution in [-0.4, -0.2) is 32.1 Å². The molecular weight excluding hydrogens is 422 g/mol. The minimum atomic E-state index is -4.84. The number of H-pyrrole nitrogens is 1. The largest absolute Gasteiger partial charge is 0.412 e. The maximum atomic E-state index is 13.2. The number of fused-ring (bicyclic) bond motifs is 1. The van der Waals surface area contributed by atoms with E-state index >= 15 is 0 Å². The quantitative estimate of drug-likeness (QED) is 0.342. The molecule has 4 nitrogen and oxygen atoms in total. The fourth-order valence-corrected chi connectivity index (χ4v) is 3.28. The van der Waals surface area contributed by atoms with Gasteiger partial charge in [-0.2, -0.15) is 31.4 Å². The number of halogens is 6. The van der Waals surface area contributed by atoms with Crippen LogP contribution in [0, 0.1) is 6.92 Å². The van der Waals surface area contributed by atoms with Gasteiger partial charge in [0.05, 0.1) is 17.8 Å². The normalized spacial score (nSPS) is 13.9. The van der Waals surface area contributed by atoms with E-state index in [0.29, 0.717) is 28.9 Å². The number of hydrogen-bond donors (Lipinski definition) is 1. The van der Waals surface area contributed by atoms with Crippen LogP contribution in [-0.2, 0) is 0 Å². The number of hydrogen-bond acceptors (Lipinski definition) is 2. The molecule has 10 heteroatoms. The molecule has 0 unspecified atom stereocenters. The minimum Gasteiger partial charge on any atom is -0.346 e. The number of aromatic nitrogens is 4. The molecule has 0 spiro atoms. The highest BCUT2D eigenvalue weighted by molar-refractivity contribution is 5.84. The van der Waals surface area contributed by atoms with Crippen molar-refractivity contribution >= 4 is 16.6 Å². The van der Waals surface area contributed by atoms with Gasteiger partial charge >= 0.3 is 12.4 Å². The lowest BCUT2D eigenvalue weighted by Gasteiger charge is -2.12. The number of alkyl halides is 6. The van der Waals surface area contributed by atoms with E-state index in [-0.39, 0.29) is 6.08 Å². The first-order valence-electron chi connectivity index (χ1n) is 9.50. The van der Waals surface area contributed by atoms with Gasteiger partial charge in [-0.05, 0) is 37.5 Å². The Kier molecular flexibility index (Phi) is 6.28. The Hall–Kier alpha value is -3.04. The van der Waals surface area contributed by atoms with Gasteiger partial charge in [-0.3, -0.25) is 0 Å². The summed E-state index contributed by atoms with van der Waals surface area (Å²) in [6, 6.07) is 3.61. The molecule has 0 atom stereocenters. The molecule has 0 bridgehead atoms. The summed E-state index contributed by atoms with van der Waals surface area (Å²) in [7, 11) is 0. The van der Waals surface area contributed by atoms with Crippen molar-refractivity contribution in [3.8, 4) is 5.69 Å². The van der Waals surface area contributed by atoms with Crippen molar-refractivity contribution in [2.45, 2.75) is 45.5 Å². The van der Waals surface area contributed by atoms with E-state index in [9.17, 15) is 26.3 Å². The van der Waals surface area contributed by atoms with E-state index < -0.39 is 30.8 Å². The first kappa shape index (κ1) is 22.6. The van der Waals surface area contributed by atoms with Crippen molar-refractivity contribution in [1.29, 1.82) is 0 Å². The number of aryl methyl sites for hydroxylation is 1. The van der Waals surface area contributed by atoms with Crippen LogP contribution in [0.4, 0.5) is 26.3 Å². The van der Waals surface area contributed by atoms with Gasteiger partial charge in [0.25, 0.3) is 0 Å². The monoisotopic (exact) mass is 442 g/mol. The molecule has 0 radical (unpaired) electrons. The van der Waals surface area contributed by atoms with E-state index in [4.69, 9.17) is 0 Å². The molecule has 166 valence electrons. The minimum absolute atomic E-state index is 0.208. The maximum Gasteiger partial charge on any atom is 0.412 e. The van der Waals surface area contributed by atoms with E-state index in [2.05, 4.69) is 15.1 Å². The molecule has 0 aliphatic rings. The van der Waals surface area contributed by atoms with Gasteiger partial charge in [-0.25, -0.2) is 9.67 Å². The van der Waals surface area contributed by atoms with Crippen LogP contribution in [0.2, 0.25) is 0 Å². The van der Waals surface area contributed by atoms with E-state index in [0.717, 1.165) is 11.1 Å². The summed E-state index contributed by atoms with van der Waals surface area (Å²) in [6.07, 6.45) is -4.82. The number of rotatable bonds is 6. The lowest BCUT2D eigenvalue weighted by molar-refractivity contribution is -0.126. The molecular formula is C21H20F6N4. The topological polar surface area (TPSA) is 46.5 Å². The van der Waals surface area contributed by atoms with Crippen molar-refractivity contribution < 1.29 is 26.3 Å². The molecule has 3 aromatic rings. The Morgan fingerprint density at radius 2 is 1.87 bits per heavy atom. The third kappa shape index (κ3) is 5.36. The number of aromatic amines is 1. The van der Waals surface area contributed by atoms with E-state index in [1.165, 1.54) is 6.08 Å². The molecule has 0 aliphatic heterocycles. The van der Waals surface area contributed by atoms with E-state index in [1.807, 2.05) is 6.07 Å². The zero-order chi connectivity index (χ0) is 22.8. The van der Waals surface area contributed by atoms with E-state index in [1.54, 1.807) is 43.2 Å². The lowest BCUT2D eigenvalue weighted by Crippen LogP contribution is -2.13. The van der Waals surface area contributed by atoms with Gasteiger partial charge in [-0.1, -0.05) is 19.1 Å². The molecule has 0 amide bonds. The predicted molar refractivity (Wildman–Crippen MR) is 106 cm³/mol. The highest BCUT2D eigenvalue weighted by Crippen LogP contribution is 2.33. The molecule has 3 rings (SSSR count). The van der Waals surface area contributed by atoms with Crippen molar-refractivity contribution in [2.24, 2.45) is 0 Å². The maximum absolute atomic E-state index is 13.2. The molecule has 0 aromatic carbocycles. The molecule has 3 heterocycles. The van der Waals surface area contributed by atoms with Crippen molar-refractivity contribution in [1.82, 2.24) is 19.7 Å². The van der Waals surface area contributed by atoms with Gasteiger partial charge in [0, 0.05) is 35.1 Å². The summed E-state index contributed by atoms with van der Waals surface area (Å²) in [5, 5.41) is 5.30. The van der Waals surface area contributed by atoms with Crippen LogP contribution >= 0.6 is 0 Å². The van der Waals surface area contributed by atoms with Gasteiger partial charge in [0.2, 0.25) is 0 Å². The van der Waals surface area contributed by atoms with Crippen LogP contribution in [0.15, 0.2) is 48.4 Å². The molecule has 0 fully saturated rings. The summed E-state index contributed by atoms with van der Waals surface area (Å²) in [4.78, 5) is 7.21.